The molecule has 1 aromatic heterocycles. The molecule has 1 atom stereocenters. The number of nitrogens with zero attached hydrogens (tertiary/aromatic N) is 1. The van der Waals surface area contributed by atoms with Crippen LogP contribution >= 0.6 is 11.8 Å². The van der Waals surface area contributed by atoms with Crippen molar-refractivity contribution in [1.82, 2.24) is 0 Å². The number of unbranched alkanes of at least 4 members (excludes halogenated alkanes) is 1. The lowest BCUT2D eigenvalue weighted by molar-refractivity contribution is -0.755. The first-order valence-electron chi connectivity index (χ1n) is 7.05. The molecule has 0 N–H and O–H groups in total. The lowest BCUT2D eigenvalue weighted by atomic mass is 10.2. The van der Waals surface area contributed by atoms with E-state index in [4.69, 9.17) is 4.74 Å². The van der Waals surface area contributed by atoms with Crippen LogP contribution in [0.2, 0.25) is 0 Å². The zero-order valence-corrected chi connectivity index (χ0v) is 12.4. The topological polar surface area (TPSA) is 30.2 Å². The summed E-state index contributed by atoms with van der Waals surface area (Å²) in [5, 5.41) is 2.34. The Balaban J connectivity index is 1.89. The number of aromatic nitrogens is 1. The van der Waals surface area contributed by atoms with Gasteiger partial charge in [-0.05, 0) is 30.3 Å². The lowest BCUT2D eigenvalue weighted by Crippen LogP contribution is -2.41. The van der Waals surface area contributed by atoms with Crippen LogP contribution in [-0.2, 0) is 9.53 Å². The summed E-state index contributed by atoms with van der Waals surface area (Å²) in [6, 6.07) is 12.4. The second-order valence-corrected chi connectivity index (χ2v) is 6.00. The minimum absolute atomic E-state index is 0.0919. The first kappa shape index (κ1) is 13.4. The summed E-state index contributed by atoms with van der Waals surface area (Å²) in [6.45, 7) is 2.08. The number of fused-ring (bicyclic) bond motifs is 3. The Kier molecular flexibility index (Phi) is 3.92. The van der Waals surface area contributed by atoms with Crippen LogP contribution in [0.5, 0.6) is 0 Å². The highest BCUT2D eigenvalue weighted by Crippen LogP contribution is 2.29. The van der Waals surface area contributed by atoms with Crippen LogP contribution in [0.3, 0.4) is 0 Å². The Morgan fingerprint density at radius 3 is 3.05 bits per heavy atom. The molecule has 0 saturated carbocycles. The molecule has 1 aliphatic rings. The number of rotatable bonds is 4. The van der Waals surface area contributed by atoms with Crippen LogP contribution in [-0.4, -0.2) is 11.7 Å². The van der Waals surface area contributed by atoms with Crippen molar-refractivity contribution >= 4 is 28.6 Å². The molecule has 0 bridgehead atoms. The summed E-state index contributed by atoms with van der Waals surface area (Å²) >= 11 is 1.74. The molecule has 3 rings (SSSR count). The third-order valence-corrected chi connectivity index (χ3v) is 4.58. The van der Waals surface area contributed by atoms with Crippen LogP contribution < -0.4 is 4.57 Å². The van der Waals surface area contributed by atoms with Gasteiger partial charge in [-0.3, -0.25) is 4.79 Å². The molecule has 3 nitrogen and oxygen atoms in total. The second-order valence-electron chi connectivity index (χ2n) is 4.96. The van der Waals surface area contributed by atoms with Gasteiger partial charge < -0.3 is 4.74 Å². The molecule has 0 aliphatic carbocycles. The van der Waals surface area contributed by atoms with Gasteiger partial charge >= 0.3 is 12.2 Å². The number of ether oxygens (including phenoxy) is 1. The number of thioether (sulfide) groups is 1. The molecule has 2 aromatic rings. The van der Waals surface area contributed by atoms with Crippen molar-refractivity contribution in [1.29, 1.82) is 0 Å². The zero-order chi connectivity index (χ0) is 13.9. The van der Waals surface area contributed by atoms with Gasteiger partial charge in [0.2, 0.25) is 10.5 Å². The van der Waals surface area contributed by atoms with E-state index in [1.54, 1.807) is 11.8 Å². The monoisotopic (exact) mass is 288 g/mol. The molecule has 4 heteroatoms. The average molecular weight is 288 g/mol. The molecule has 1 aliphatic heterocycles. The van der Waals surface area contributed by atoms with Crippen LogP contribution in [0.25, 0.3) is 10.9 Å². The van der Waals surface area contributed by atoms with E-state index in [0.29, 0.717) is 6.42 Å². The zero-order valence-electron chi connectivity index (χ0n) is 11.5. The minimum atomic E-state index is -0.176. The standard InChI is InChI=1S/C16H18NO2S/c1-2-3-8-16(18)19-14-11-20-15-10-9-12-6-4-5-7-13(12)17(14)15/h4-7,9-10,14H,2-3,8,11H2,1H3/q+1. The predicted octanol–water partition coefficient (Wildman–Crippen LogP) is 3.47. The molecule has 1 unspecified atom stereocenters. The number of hydrogen-bond acceptors (Lipinski definition) is 3. The van der Waals surface area contributed by atoms with E-state index in [-0.39, 0.29) is 12.2 Å². The highest BCUT2D eigenvalue weighted by molar-refractivity contribution is 7.99. The van der Waals surface area contributed by atoms with Crippen molar-refractivity contribution in [3.63, 3.8) is 0 Å². The van der Waals surface area contributed by atoms with Gasteiger partial charge in [-0.15, -0.1) is 4.57 Å². The molecule has 0 spiro atoms. The molecule has 0 radical (unpaired) electrons. The van der Waals surface area contributed by atoms with E-state index in [1.165, 1.54) is 5.39 Å². The summed E-state index contributed by atoms with van der Waals surface area (Å²) < 4.78 is 7.79. The van der Waals surface area contributed by atoms with E-state index < -0.39 is 0 Å². The van der Waals surface area contributed by atoms with Gasteiger partial charge in [0.05, 0.1) is 0 Å². The molecule has 0 saturated heterocycles. The van der Waals surface area contributed by atoms with Crippen LogP contribution in [0.15, 0.2) is 41.4 Å². The lowest BCUT2D eigenvalue weighted by Gasteiger charge is -2.09. The van der Waals surface area contributed by atoms with Crippen molar-refractivity contribution in [2.24, 2.45) is 0 Å². The first-order chi connectivity index (χ1) is 9.79. The summed E-state index contributed by atoms with van der Waals surface area (Å²) in [5.74, 6) is 0.706. The van der Waals surface area contributed by atoms with Crippen LogP contribution in [0.1, 0.15) is 32.4 Å². The van der Waals surface area contributed by atoms with Gasteiger partial charge in [-0.25, -0.2) is 0 Å². The number of carbonyl (C=O) groups excluding carboxylic acids is 1. The maximum absolute atomic E-state index is 11.9. The summed E-state index contributed by atoms with van der Waals surface area (Å²) in [5.41, 5.74) is 1.13. The molecule has 0 amide bonds. The third-order valence-electron chi connectivity index (χ3n) is 3.50. The number of para-hydroxylation sites is 1. The molecule has 2 heterocycles. The minimum Gasteiger partial charge on any atom is -0.401 e. The summed E-state index contributed by atoms with van der Waals surface area (Å²) in [7, 11) is 0. The molecule has 20 heavy (non-hydrogen) atoms. The van der Waals surface area contributed by atoms with E-state index in [9.17, 15) is 4.79 Å². The Morgan fingerprint density at radius 2 is 2.20 bits per heavy atom. The maximum Gasteiger partial charge on any atom is 0.315 e. The van der Waals surface area contributed by atoms with Gasteiger partial charge in [-0.2, -0.15) is 0 Å². The normalized spacial score (nSPS) is 17.1. The first-order valence-corrected chi connectivity index (χ1v) is 8.03. The highest BCUT2D eigenvalue weighted by atomic mass is 32.2. The number of benzene rings is 1. The predicted molar refractivity (Wildman–Crippen MR) is 79.5 cm³/mol. The number of esters is 1. The van der Waals surface area contributed by atoms with Crippen LogP contribution in [0.4, 0.5) is 0 Å². The smallest absolute Gasteiger partial charge is 0.315 e. The van der Waals surface area contributed by atoms with Crippen molar-refractivity contribution < 1.29 is 14.1 Å². The van der Waals surface area contributed by atoms with Gasteiger partial charge in [0.25, 0.3) is 0 Å². The third kappa shape index (κ3) is 2.52. The molecule has 104 valence electrons. The fourth-order valence-electron chi connectivity index (χ4n) is 2.47. The number of carbonyl (C=O) groups is 1. The summed E-state index contributed by atoms with van der Waals surface area (Å²) in [4.78, 5) is 11.9. The quantitative estimate of drug-likeness (QED) is 0.637. The largest absolute Gasteiger partial charge is 0.401 e. The molecule has 0 fully saturated rings. The Bertz CT molecular complexity index is 641. The number of hydrogen-bond donors (Lipinski definition) is 0. The van der Waals surface area contributed by atoms with Gasteiger partial charge in [-0.1, -0.05) is 25.5 Å². The van der Waals surface area contributed by atoms with E-state index in [2.05, 4.69) is 35.8 Å². The van der Waals surface area contributed by atoms with Gasteiger partial charge in [0, 0.05) is 23.9 Å². The van der Waals surface area contributed by atoms with E-state index in [0.717, 1.165) is 29.1 Å². The Labute approximate surface area is 122 Å². The fourth-order valence-corrected chi connectivity index (χ4v) is 3.52. The maximum atomic E-state index is 11.9. The molecular weight excluding hydrogens is 270 g/mol. The Morgan fingerprint density at radius 1 is 1.35 bits per heavy atom. The van der Waals surface area contributed by atoms with Crippen molar-refractivity contribution in [3.8, 4) is 0 Å². The van der Waals surface area contributed by atoms with Crippen molar-refractivity contribution in [2.75, 3.05) is 5.75 Å². The van der Waals surface area contributed by atoms with Crippen molar-refractivity contribution in [3.05, 3.63) is 36.4 Å². The fraction of sp³-hybridized carbons (Fsp3) is 0.375. The van der Waals surface area contributed by atoms with Gasteiger partial charge in [0.1, 0.15) is 5.75 Å². The Hall–Kier alpha value is -1.55. The summed E-state index contributed by atoms with van der Waals surface area (Å²) in [6.07, 6.45) is 2.25. The van der Waals surface area contributed by atoms with Crippen molar-refractivity contribution in [2.45, 2.75) is 37.4 Å². The van der Waals surface area contributed by atoms with E-state index >= 15 is 0 Å². The SMILES string of the molecule is CCCCC(=O)OC1CSc2ccc3ccccc3[n+]21. The highest BCUT2D eigenvalue weighted by Gasteiger charge is 2.36. The second kappa shape index (κ2) is 5.83. The molecule has 1 aromatic carbocycles. The van der Waals surface area contributed by atoms with E-state index in [1.807, 2.05) is 12.1 Å². The molecular formula is C16H18NO2S+. The van der Waals surface area contributed by atoms with Gasteiger partial charge in [0.15, 0.2) is 0 Å². The average Bonchev–Trinajstić information content (AvgIpc) is 2.88. The van der Waals surface area contributed by atoms with Crippen LogP contribution in [0, 0.1) is 0 Å². The number of pyridine rings is 1.